The molecule has 5 heteroatoms. The Labute approximate surface area is 85.0 Å². The van der Waals surface area contributed by atoms with E-state index in [1.165, 1.54) is 6.07 Å². The predicted molar refractivity (Wildman–Crippen MR) is 49.5 cm³/mol. The van der Waals surface area contributed by atoms with Crippen molar-refractivity contribution in [3.63, 3.8) is 0 Å². The Kier molecular flexibility index (Phi) is 2.21. The summed E-state index contributed by atoms with van der Waals surface area (Å²) in [6, 6.07) is 1.26. The predicted octanol–water partition coefficient (Wildman–Crippen LogP) is 1.63. The Morgan fingerprint density at radius 2 is 2.00 bits per heavy atom. The molecular weight excluding hydrogens is 208 g/mol. The standard InChI is InChI=1S/C9H7ClO4/c10-6-3-7(12)9-8(5(6)4-11)13-1-2-14-9/h3-4,12H,1-2H2. The van der Waals surface area contributed by atoms with Crippen LogP contribution in [0.3, 0.4) is 0 Å². The first-order chi connectivity index (χ1) is 6.74. The molecular formula is C9H7ClO4. The van der Waals surface area contributed by atoms with Crippen molar-refractivity contribution in [1.29, 1.82) is 0 Å². The van der Waals surface area contributed by atoms with Crippen LogP contribution in [0.4, 0.5) is 0 Å². The van der Waals surface area contributed by atoms with Gasteiger partial charge in [0, 0.05) is 6.07 Å². The molecule has 2 rings (SSSR count). The molecule has 0 amide bonds. The van der Waals surface area contributed by atoms with E-state index in [-0.39, 0.29) is 27.8 Å². The molecule has 1 heterocycles. The second kappa shape index (κ2) is 3.38. The number of hydrogen-bond donors (Lipinski definition) is 1. The fourth-order valence-corrected chi connectivity index (χ4v) is 1.52. The van der Waals surface area contributed by atoms with Crippen molar-refractivity contribution in [1.82, 2.24) is 0 Å². The highest BCUT2D eigenvalue weighted by atomic mass is 35.5. The molecule has 0 unspecified atom stereocenters. The SMILES string of the molecule is O=Cc1c(Cl)cc(O)c2c1OCCO2. The number of fused-ring (bicyclic) bond motifs is 1. The van der Waals surface area contributed by atoms with E-state index in [0.717, 1.165) is 0 Å². The number of benzene rings is 1. The first-order valence-corrected chi connectivity index (χ1v) is 4.38. The van der Waals surface area contributed by atoms with Gasteiger partial charge in [-0.1, -0.05) is 11.6 Å². The maximum Gasteiger partial charge on any atom is 0.204 e. The number of ether oxygens (including phenoxy) is 2. The number of carbonyl (C=O) groups is 1. The van der Waals surface area contributed by atoms with E-state index in [4.69, 9.17) is 21.1 Å². The maximum atomic E-state index is 10.7. The molecule has 0 radical (unpaired) electrons. The highest BCUT2D eigenvalue weighted by Gasteiger charge is 2.22. The summed E-state index contributed by atoms with van der Waals surface area (Å²) in [6.07, 6.45) is 0.579. The Bertz CT molecular complexity index is 389. The van der Waals surface area contributed by atoms with E-state index < -0.39 is 0 Å². The van der Waals surface area contributed by atoms with Crippen LogP contribution in [0, 0.1) is 0 Å². The lowest BCUT2D eigenvalue weighted by molar-refractivity contribution is 0.111. The maximum absolute atomic E-state index is 10.7. The van der Waals surface area contributed by atoms with Crippen molar-refractivity contribution in [3.8, 4) is 17.2 Å². The second-order valence-electron chi connectivity index (χ2n) is 2.76. The van der Waals surface area contributed by atoms with E-state index in [2.05, 4.69) is 0 Å². The van der Waals surface area contributed by atoms with Gasteiger partial charge >= 0.3 is 0 Å². The summed E-state index contributed by atoms with van der Waals surface area (Å²) in [7, 11) is 0. The van der Waals surface area contributed by atoms with Gasteiger partial charge in [0.2, 0.25) is 5.75 Å². The summed E-state index contributed by atoms with van der Waals surface area (Å²) >= 11 is 5.74. The average molecular weight is 215 g/mol. The molecule has 1 aromatic carbocycles. The van der Waals surface area contributed by atoms with Gasteiger partial charge in [0.1, 0.15) is 13.2 Å². The summed E-state index contributed by atoms with van der Waals surface area (Å²) in [5.74, 6) is 0.286. The summed E-state index contributed by atoms with van der Waals surface area (Å²) in [5, 5.41) is 9.61. The number of aromatic hydroxyl groups is 1. The third-order valence-corrected chi connectivity index (χ3v) is 2.21. The molecule has 0 atom stereocenters. The lowest BCUT2D eigenvalue weighted by atomic mass is 10.2. The summed E-state index contributed by atoms with van der Waals surface area (Å²) in [4.78, 5) is 10.7. The van der Waals surface area contributed by atoms with Gasteiger partial charge in [-0.25, -0.2) is 0 Å². The van der Waals surface area contributed by atoms with E-state index in [9.17, 15) is 9.90 Å². The molecule has 4 nitrogen and oxygen atoms in total. The highest BCUT2D eigenvalue weighted by molar-refractivity contribution is 6.33. The molecule has 1 aliphatic rings. The molecule has 74 valence electrons. The largest absolute Gasteiger partial charge is 0.504 e. The Morgan fingerprint density at radius 3 is 2.64 bits per heavy atom. The zero-order valence-corrected chi connectivity index (χ0v) is 7.87. The average Bonchev–Trinajstić information content (AvgIpc) is 2.18. The zero-order chi connectivity index (χ0) is 10.1. The molecule has 0 spiro atoms. The van der Waals surface area contributed by atoms with Crippen LogP contribution in [0.25, 0.3) is 0 Å². The Hall–Kier alpha value is -1.42. The van der Waals surface area contributed by atoms with Gasteiger partial charge in [-0.3, -0.25) is 4.79 Å². The van der Waals surface area contributed by atoms with Crippen molar-refractivity contribution in [2.45, 2.75) is 0 Å². The summed E-state index contributed by atoms with van der Waals surface area (Å²) in [5.41, 5.74) is 0.208. The van der Waals surface area contributed by atoms with Gasteiger partial charge in [-0.15, -0.1) is 0 Å². The lowest BCUT2D eigenvalue weighted by Crippen LogP contribution is -2.16. The van der Waals surface area contributed by atoms with E-state index in [1.54, 1.807) is 0 Å². The molecule has 0 aromatic heterocycles. The summed E-state index contributed by atoms with van der Waals surface area (Å²) < 4.78 is 10.4. The number of aldehydes is 1. The van der Waals surface area contributed by atoms with Crippen LogP contribution in [0.2, 0.25) is 5.02 Å². The molecule has 1 aromatic rings. The number of phenols is 1. The molecule has 0 saturated carbocycles. The number of carbonyl (C=O) groups excluding carboxylic acids is 1. The van der Waals surface area contributed by atoms with Gasteiger partial charge in [-0.05, 0) is 0 Å². The van der Waals surface area contributed by atoms with Gasteiger partial charge in [0.15, 0.2) is 17.8 Å². The number of halogens is 1. The van der Waals surface area contributed by atoms with Gasteiger partial charge in [0.25, 0.3) is 0 Å². The van der Waals surface area contributed by atoms with Crippen molar-refractivity contribution in [3.05, 3.63) is 16.7 Å². The molecule has 0 fully saturated rings. The first kappa shape index (κ1) is 9.15. The number of rotatable bonds is 1. The van der Waals surface area contributed by atoms with Gasteiger partial charge < -0.3 is 14.6 Å². The van der Waals surface area contributed by atoms with Gasteiger partial charge in [-0.2, -0.15) is 0 Å². The fraction of sp³-hybridized carbons (Fsp3) is 0.222. The fourth-order valence-electron chi connectivity index (χ4n) is 1.29. The monoisotopic (exact) mass is 214 g/mol. The van der Waals surface area contributed by atoms with Crippen LogP contribution in [0.15, 0.2) is 6.07 Å². The van der Waals surface area contributed by atoms with Crippen molar-refractivity contribution in [2.75, 3.05) is 13.2 Å². The molecule has 1 N–H and O–H groups in total. The third-order valence-electron chi connectivity index (χ3n) is 1.90. The Balaban J connectivity index is 2.67. The normalized spacial score (nSPS) is 13.8. The molecule has 14 heavy (non-hydrogen) atoms. The van der Waals surface area contributed by atoms with E-state index in [0.29, 0.717) is 19.5 Å². The van der Waals surface area contributed by atoms with E-state index >= 15 is 0 Å². The molecule has 0 saturated heterocycles. The minimum atomic E-state index is -0.115. The van der Waals surface area contributed by atoms with Crippen LogP contribution in [0.1, 0.15) is 10.4 Å². The minimum absolute atomic E-state index is 0.115. The minimum Gasteiger partial charge on any atom is -0.504 e. The molecule has 0 bridgehead atoms. The molecule has 1 aliphatic heterocycles. The third kappa shape index (κ3) is 1.28. The van der Waals surface area contributed by atoms with Gasteiger partial charge in [0.05, 0.1) is 10.6 Å². The van der Waals surface area contributed by atoms with Crippen LogP contribution >= 0.6 is 11.6 Å². The van der Waals surface area contributed by atoms with Crippen LogP contribution in [-0.2, 0) is 0 Å². The number of phenolic OH excluding ortho intramolecular Hbond substituents is 1. The quantitative estimate of drug-likeness (QED) is 0.722. The van der Waals surface area contributed by atoms with Crippen molar-refractivity contribution in [2.24, 2.45) is 0 Å². The second-order valence-corrected chi connectivity index (χ2v) is 3.17. The topological polar surface area (TPSA) is 55.8 Å². The lowest BCUT2D eigenvalue weighted by Gasteiger charge is -2.20. The van der Waals surface area contributed by atoms with Crippen LogP contribution in [-0.4, -0.2) is 24.6 Å². The summed E-state index contributed by atoms with van der Waals surface area (Å²) in [6.45, 7) is 0.689. The molecule has 0 aliphatic carbocycles. The van der Waals surface area contributed by atoms with Crippen molar-refractivity contribution < 1.29 is 19.4 Å². The van der Waals surface area contributed by atoms with E-state index in [1.807, 2.05) is 0 Å². The van der Waals surface area contributed by atoms with Crippen molar-refractivity contribution >= 4 is 17.9 Å². The first-order valence-electron chi connectivity index (χ1n) is 4.00. The van der Waals surface area contributed by atoms with Crippen LogP contribution in [0.5, 0.6) is 17.2 Å². The smallest absolute Gasteiger partial charge is 0.204 e. The Morgan fingerprint density at radius 1 is 1.36 bits per heavy atom. The zero-order valence-electron chi connectivity index (χ0n) is 7.12. The highest BCUT2D eigenvalue weighted by Crippen LogP contribution is 2.44. The number of hydrogen-bond acceptors (Lipinski definition) is 4. The van der Waals surface area contributed by atoms with Crippen LogP contribution < -0.4 is 9.47 Å².